The molecule has 4 aromatic rings. The van der Waals surface area contributed by atoms with Crippen LogP contribution in [0.15, 0.2) is 48.7 Å². The number of aryl methyl sites for hydroxylation is 1. The first-order chi connectivity index (χ1) is 11.5. The van der Waals surface area contributed by atoms with Crippen LogP contribution in [0, 0.1) is 0 Å². The number of nitrogens with zero attached hydrogens (tertiary/aromatic N) is 4. The van der Waals surface area contributed by atoms with E-state index >= 15 is 0 Å². The molecule has 0 saturated heterocycles. The molecule has 0 atom stereocenters. The van der Waals surface area contributed by atoms with Gasteiger partial charge < -0.3 is 19.9 Å². The molecule has 2 aromatic heterocycles. The van der Waals surface area contributed by atoms with Gasteiger partial charge in [-0.05, 0) is 36.4 Å². The third-order valence-corrected chi connectivity index (χ3v) is 3.93. The highest BCUT2D eigenvalue weighted by Crippen LogP contribution is 2.32. The molecular formula is C17H14N4O3. The molecule has 0 aliphatic heterocycles. The van der Waals surface area contributed by atoms with Gasteiger partial charge >= 0.3 is 6.01 Å². The van der Waals surface area contributed by atoms with Gasteiger partial charge in [-0.1, -0.05) is 5.10 Å². The number of phenols is 2. The highest BCUT2D eigenvalue weighted by molar-refractivity contribution is 5.82. The van der Waals surface area contributed by atoms with Crippen molar-refractivity contribution in [2.45, 2.75) is 0 Å². The topological polar surface area (TPSA) is 96.3 Å². The van der Waals surface area contributed by atoms with E-state index in [0.717, 1.165) is 10.9 Å². The third kappa shape index (κ3) is 2.14. The van der Waals surface area contributed by atoms with Crippen LogP contribution in [-0.4, -0.2) is 34.7 Å². The van der Waals surface area contributed by atoms with Crippen molar-refractivity contribution in [2.75, 3.05) is 0 Å². The summed E-state index contributed by atoms with van der Waals surface area (Å²) in [4.78, 5) is 0. The number of aromatic hydroxyl groups is 3. The maximum Gasteiger partial charge on any atom is 0.319 e. The fourth-order valence-corrected chi connectivity index (χ4v) is 2.83. The van der Waals surface area contributed by atoms with Gasteiger partial charge in [-0.2, -0.15) is 0 Å². The van der Waals surface area contributed by atoms with E-state index in [1.54, 1.807) is 0 Å². The minimum atomic E-state index is -0.275. The Morgan fingerprint density at radius 2 is 1.62 bits per heavy atom. The van der Waals surface area contributed by atoms with Crippen molar-refractivity contribution in [3.05, 3.63) is 48.7 Å². The van der Waals surface area contributed by atoms with Gasteiger partial charge in [0.25, 0.3) is 0 Å². The first-order valence-electron chi connectivity index (χ1n) is 7.26. The molecule has 7 heteroatoms. The molecular weight excluding hydrogens is 308 g/mol. The lowest BCUT2D eigenvalue weighted by Gasteiger charge is -2.09. The fraction of sp³-hybridized carbons (Fsp3) is 0.0588. The summed E-state index contributed by atoms with van der Waals surface area (Å²) in [5, 5.41) is 38.2. The van der Waals surface area contributed by atoms with Crippen molar-refractivity contribution in [3.8, 4) is 34.6 Å². The van der Waals surface area contributed by atoms with Gasteiger partial charge in [-0.15, -0.1) is 5.10 Å². The van der Waals surface area contributed by atoms with Crippen LogP contribution in [0.3, 0.4) is 0 Å². The zero-order valence-corrected chi connectivity index (χ0v) is 12.7. The zero-order chi connectivity index (χ0) is 16.8. The molecule has 0 unspecified atom stereocenters. The molecule has 0 amide bonds. The van der Waals surface area contributed by atoms with Crippen LogP contribution in [-0.2, 0) is 7.05 Å². The molecule has 0 radical (unpaired) electrons. The van der Waals surface area contributed by atoms with E-state index in [4.69, 9.17) is 0 Å². The first kappa shape index (κ1) is 14.1. The Morgan fingerprint density at radius 1 is 0.875 bits per heavy atom. The molecule has 2 aromatic carbocycles. The van der Waals surface area contributed by atoms with E-state index < -0.39 is 0 Å². The van der Waals surface area contributed by atoms with Crippen LogP contribution in [0.1, 0.15) is 0 Å². The van der Waals surface area contributed by atoms with Crippen molar-refractivity contribution >= 4 is 10.9 Å². The summed E-state index contributed by atoms with van der Waals surface area (Å²) < 4.78 is 3.46. The molecule has 0 aliphatic rings. The molecule has 3 N–H and O–H groups in total. The molecule has 0 spiro atoms. The largest absolute Gasteiger partial charge is 0.508 e. The summed E-state index contributed by atoms with van der Waals surface area (Å²) in [5.41, 5.74) is 2.17. The van der Waals surface area contributed by atoms with Crippen LogP contribution < -0.4 is 0 Å². The maximum atomic E-state index is 10.1. The summed E-state index contributed by atoms with van der Waals surface area (Å²) in [5.74, 6) is 0.115. The van der Waals surface area contributed by atoms with Crippen molar-refractivity contribution < 1.29 is 15.3 Å². The van der Waals surface area contributed by atoms with E-state index in [-0.39, 0.29) is 17.5 Å². The second kappa shape index (κ2) is 5.02. The predicted molar refractivity (Wildman–Crippen MR) is 88.3 cm³/mol. The first-order valence-corrected chi connectivity index (χ1v) is 7.26. The Hall–Kier alpha value is -3.48. The third-order valence-electron chi connectivity index (χ3n) is 3.93. The predicted octanol–water partition coefficient (Wildman–Crippen LogP) is 2.54. The van der Waals surface area contributed by atoms with Crippen LogP contribution in [0.5, 0.6) is 17.5 Å². The van der Waals surface area contributed by atoms with Crippen molar-refractivity contribution in [3.63, 3.8) is 0 Å². The van der Waals surface area contributed by atoms with Gasteiger partial charge in [-0.25, -0.2) is 4.57 Å². The van der Waals surface area contributed by atoms with E-state index in [0.29, 0.717) is 17.1 Å². The molecule has 0 bridgehead atoms. The van der Waals surface area contributed by atoms with E-state index in [1.807, 2.05) is 42.1 Å². The number of hydrogen-bond donors (Lipinski definition) is 3. The Kier molecular flexibility index (Phi) is 2.96. The molecule has 2 heterocycles. The van der Waals surface area contributed by atoms with E-state index in [2.05, 4.69) is 10.2 Å². The number of hydrogen-bond acceptors (Lipinski definition) is 5. The molecule has 0 fully saturated rings. The summed E-state index contributed by atoms with van der Waals surface area (Å²) in [6.07, 6.45) is 1.95. The average molecular weight is 322 g/mol. The molecule has 7 nitrogen and oxygen atoms in total. The molecule has 0 saturated carbocycles. The smallest absolute Gasteiger partial charge is 0.319 e. The maximum absolute atomic E-state index is 10.1. The van der Waals surface area contributed by atoms with Crippen molar-refractivity contribution in [1.29, 1.82) is 0 Å². The average Bonchev–Trinajstić information content (AvgIpc) is 3.09. The van der Waals surface area contributed by atoms with Crippen molar-refractivity contribution in [1.82, 2.24) is 19.3 Å². The lowest BCUT2D eigenvalue weighted by atomic mass is 10.1. The Balaban J connectivity index is 1.93. The van der Waals surface area contributed by atoms with E-state index in [9.17, 15) is 15.3 Å². The van der Waals surface area contributed by atoms with Gasteiger partial charge in [0.2, 0.25) is 0 Å². The van der Waals surface area contributed by atoms with Gasteiger partial charge in [0.1, 0.15) is 11.5 Å². The van der Waals surface area contributed by atoms with Crippen LogP contribution in [0.2, 0.25) is 0 Å². The summed E-state index contributed by atoms with van der Waals surface area (Å²) >= 11 is 0. The van der Waals surface area contributed by atoms with Crippen LogP contribution >= 0.6 is 0 Å². The van der Waals surface area contributed by atoms with Crippen molar-refractivity contribution in [2.24, 2.45) is 7.05 Å². The SMILES string of the molecule is Cn1ccc2cc(-n3c(O)nnc3-c3cc(O)cc(O)c3)ccc21. The number of aromatic nitrogens is 4. The van der Waals surface area contributed by atoms with Crippen LogP contribution in [0.25, 0.3) is 28.0 Å². The lowest BCUT2D eigenvalue weighted by molar-refractivity contribution is 0.420. The molecule has 24 heavy (non-hydrogen) atoms. The normalized spacial score (nSPS) is 11.2. The Morgan fingerprint density at radius 3 is 2.38 bits per heavy atom. The lowest BCUT2D eigenvalue weighted by Crippen LogP contribution is -1.97. The fourth-order valence-electron chi connectivity index (χ4n) is 2.83. The van der Waals surface area contributed by atoms with Gasteiger partial charge in [0.15, 0.2) is 5.82 Å². The number of fused-ring (bicyclic) bond motifs is 1. The number of phenolic OH excluding ortho intramolecular Hbond substituents is 2. The summed E-state index contributed by atoms with van der Waals surface area (Å²) in [6.45, 7) is 0. The highest BCUT2D eigenvalue weighted by Gasteiger charge is 2.16. The standard InChI is InChI=1S/C17H14N4O3/c1-20-5-4-10-6-12(2-3-15(10)20)21-16(18-19-17(21)24)11-7-13(22)9-14(23)8-11/h2-9,22-23H,1H3,(H,19,24). The zero-order valence-electron chi connectivity index (χ0n) is 12.7. The van der Waals surface area contributed by atoms with E-state index in [1.165, 1.54) is 22.8 Å². The number of rotatable bonds is 2. The Labute approximate surface area is 136 Å². The minimum Gasteiger partial charge on any atom is -0.508 e. The summed E-state index contributed by atoms with van der Waals surface area (Å²) in [6, 6.07) is 11.5. The highest BCUT2D eigenvalue weighted by atomic mass is 16.3. The monoisotopic (exact) mass is 322 g/mol. The van der Waals surface area contributed by atoms with Gasteiger partial charge in [0, 0.05) is 35.8 Å². The van der Waals surface area contributed by atoms with Crippen LogP contribution in [0.4, 0.5) is 0 Å². The summed E-state index contributed by atoms with van der Waals surface area (Å²) in [7, 11) is 1.96. The molecule has 120 valence electrons. The quantitative estimate of drug-likeness (QED) is 0.527. The second-order valence-corrected chi connectivity index (χ2v) is 5.57. The Bertz CT molecular complexity index is 1040. The molecule has 4 rings (SSSR count). The minimum absolute atomic E-state index is 0.0995. The van der Waals surface area contributed by atoms with Gasteiger partial charge in [-0.3, -0.25) is 0 Å². The molecule has 0 aliphatic carbocycles. The number of benzene rings is 2. The second-order valence-electron chi connectivity index (χ2n) is 5.57. The van der Waals surface area contributed by atoms with Gasteiger partial charge in [0.05, 0.1) is 5.69 Å².